The van der Waals surface area contributed by atoms with E-state index in [1.165, 1.54) is 4.90 Å². The number of pyridine rings is 1. The van der Waals surface area contributed by atoms with Crippen molar-refractivity contribution in [1.82, 2.24) is 24.8 Å². The molecule has 33 heavy (non-hydrogen) atoms. The average molecular weight is 461 g/mol. The van der Waals surface area contributed by atoms with E-state index in [-0.39, 0.29) is 5.91 Å². The third-order valence-corrected chi connectivity index (χ3v) is 5.86. The van der Waals surface area contributed by atoms with Crippen molar-refractivity contribution in [2.24, 2.45) is 0 Å². The van der Waals surface area contributed by atoms with Crippen LogP contribution in [0.2, 0.25) is 0 Å². The highest BCUT2D eigenvalue weighted by Crippen LogP contribution is 2.28. The Bertz CT molecular complexity index is 1220. The molecule has 0 spiro atoms. The van der Waals surface area contributed by atoms with E-state index in [0.29, 0.717) is 18.9 Å². The Morgan fingerprint density at radius 2 is 1.85 bits per heavy atom. The highest BCUT2D eigenvalue weighted by atomic mass is 32.1. The van der Waals surface area contributed by atoms with Gasteiger partial charge in [0.2, 0.25) is 5.95 Å². The van der Waals surface area contributed by atoms with Gasteiger partial charge in [-0.25, -0.2) is 19.9 Å². The number of thiazole rings is 1. The van der Waals surface area contributed by atoms with E-state index in [9.17, 15) is 4.79 Å². The molecular weight excluding hydrogens is 436 g/mol. The van der Waals surface area contributed by atoms with E-state index in [4.69, 9.17) is 10.1 Å². The molecule has 1 fully saturated rings. The van der Waals surface area contributed by atoms with Crippen LogP contribution in [0.1, 0.15) is 12.1 Å². The average Bonchev–Trinajstić information content (AvgIpc) is 3.44. The Morgan fingerprint density at radius 3 is 2.52 bits per heavy atom. The first kappa shape index (κ1) is 22.5. The number of aliphatic hydroxyl groups excluding tert-OH is 1. The smallest absolute Gasteiger partial charge is 0.251 e. The van der Waals surface area contributed by atoms with Gasteiger partial charge in [0, 0.05) is 36.4 Å². The molecule has 2 N–H and O–H groups in total. The molecular formula is C24H24N6O2S. The second kappa shape index (κ2) is 10.3. The van der Waals surface area contributed by atoms with Crippen molar-refractivity contribution >= 4 is 29.0 Å². The number of nitrogens with one attached hydrogen (secondary N) is 1. The summed E-state index contributed by atoms with van der Waals surface area (Å²) in [4.78, 5) is 30.0. The number of carbonyl (C=O) groups excluding carboxylic acids is 1. The maximum atomic E-state index is 10.6. The molecule has 1 aliphatic heterocycles. The SMILES string of the molecule is CN1CCC(O)C1=O.Cc1cccc(Nc2nccc(-c3csc(-c4ccccc4)n3)n2)n1. The Kier molecular flexibility index (Phi) is 7.01. The molecule has 168 valence electrons. The van der Waals surface area contributed by atoms with Crippen LogP contribution in [0.25, 0.3) is 22.0 Å². The Labute approximate surface area is 196 Å². The Hall–Kier alpha value is -3.69. The summed E-state index contributed by atoms with van der Waals surface area (Å²) in [5.41, 5.74) is 3.67. The molecule has 4 heterocycles. The predicted molar refractivity (Wildman–Crippen MR) is 129 cm³/mol. The fourth-order valence-electron chi connectivity index (χ4n) is 3.20. The third-order valence-electron chi connectivity index (χ3n) is 4.97. The zero-order chi connectivity index (χ0) is 23.2. The van der Waals surface area contributed by atoms with Crippen molar-refractivity contribution in [3.8, 4) is 22.0 Å². The number of aryl methyl sites for hydroxylation is 1. The molecule has 0 radical (unpaired) electrons. The van der Waals surface area contributed by atoms with Crippen LogP contribution in [0.5, 0.6) is 0 Å². The van der Waals surface area contributed by atoms with E-state index in [2.05, 4.69) is 32.4 Å². The van der Waals surface area contributed by atoms with Gasteiger partial charge in [0.05, 0.1) is 5.69 Å². The van der Waals surface area contributed by atoms with Crippen molar-refractivity contribution in [2.75, 3.05) is 18.9 Å². The van der Waals surface area contributed by atoms with Crippen LogP contribution in [0.15, 0.2) is 66.2 Å². The molecule has 0 bridgehead atoms. The van der Waals surface area contributed by atoms with Gasteiger partial charge in [0.25, 0.3) is 5.91 Å². The lowest BCUT2D eigenvalue weighted by Crippen LogP contribution is -2.24. The highest BCUT2D eigenvalue weighted by Gasteiger charge is 2.26. The van der Waals surface area contributed by atoms with Crippen molar-refractivity contribution < 1.29 is 9.90 Å². The maximum absolute atomic E-state index is 10.6. The molecule has 1 aromatic carbocycles. The van der Waals surface area contributed by atoms with Crippen molar-refractivity contribution in [3.63, 3.8) is 0 Å². The minimum Gasteiger partial charge on any atom is -0.383 e. The standard InChI is InChI=1S/C19H15N5S.C5H9NO2/c1-13-6-5-9-17(21-13)24-19-20-11-10-15(23-19)16-12-25-18(22-16)14-7-3-2-4-8-14;1-6-3-2-4(7)5(6)8/h2-12H,1H3,(H,20,21,23,24);4,7H,2-3H2,1H3. The van der Waals surface area contributed by atoms with E-state index >= 15 is 0 Å². The third kappa shape index (κ3) is 5.76. The van der Waals surface area contributed by atoms with E-state index in [1.54, 1.807) is 24.6 Å². The van der Waals surface area contributed by atoms with Gasteiger partial charge in [-0.05, 0) is 31.5 Å². The predicted octanol–water partition coefficient (Wildman–Crippen LogP) is 3.92. The summed E-state index contributed by atoms with van der Waals surface area (Å²) in [6, 6.07) is 17.8. The number of nitrogens with zero attached hydrogens (tertiary/aromatic N) is 5. The van der Waals surface area contributed by atoms with Crippen LogP contribution >= 0.6 is 11.3 Å². The molecule has 8 nitrogen and oxygen atoms in total. The van der Waals surface area contributed by atoms with Gasteiger partial charge in [-0.2, -0.15) is 0 Å². The molecule has 5 rings (SSSR count). The zero-order valence-electron chi connectivity index (χ0n) is 18.3. The van der Waals surface area contributed by atoms with Gasteiger partial charge in [-0.1, -0.05) is 36.4 Å². The molecule has 1 amide bonds. The fraction of sp³-hybridized carbons (Fsp3) is 0.208. The summed E-state index contributed by atoms with van der Waals surface area (Å²) < 4.78 is 0. The summed E-state index contributed by atoms with van der Waals surface area (Å²) in [5, 5.41) is 14.9. The number of anilines is 2. The van der Waals surface area contributed by atoms with Crippen LogP contribution in [0.4, 0.5) is 11.8 Å². The number of likely N-dealkylation sites (N-methyl/N-ethyl adjacent to an activating group) is 1. The fourth-order valence-corrected chi connectivity index (χ4v) is 4.02. The number of aliphatic hydroxyl groups is 1. The van der Waals surface area contributed by atoms with Gasteiger partial charge in [-0.15, -0.1) is 11.3 Å². The minimum absolute atomic E-state index is 0.148. The molecule has 4 aromatic rings. The topological polar surface area (TPSA) is 104 Å². The first-order valence-electron chi connectivity index (χ1n) is 10.5. The first-order valence-corrected chi connectivity index (χ1v) is 11.4. The quantitative estimate of drug-likeness (QED) is 0.476. The summed E-state index contributed by atoms with van der Waals surface area (Å²) in [7, 11) is 1.69. The Morgan fingerprint density at radius 1 is 1.03 bits per heavy atom. The molecule has 9 heteroatoms. The highest BCUT2D eigenvalue weighted by molar-refractivity contribution is 7.13. The molecule has 1 atom stereocenters. The number of hydrogen-bond acceptors (Lipinski definition) is 8. The molecule has 0 aliphatic carbocycles. The van der Waals surface area contributed by atoms with Crippen LogP contribution in [0, 0.1) is 6.92 Å². The maximum Gasteiger partial charge on any atom is 0.251 e. The number of aromatic nitrogens is 4. The van der Waals surface area contributed by atoms with Gasteiger partial charge >= 0.3 is 0 Å². The van der Waals surface area contributed by atoms with E-state index in [0.717, 1.165) is 33.5 Å². The second-order valence-electron chi connectivity index (χ2n) is 7.52. The minimum atomic E-state index is -0.722. The lowest BCUT2D eigenvalue weighted by Gasteiger charge is -2.05. The second-order valence-corrected chi connectivity index (χ2v) is 8.38. The number of likely N-dealkylation sites (tertiary alicyclic amines) is 1. The molecule has 1 saturated heterocycles. The van der Waals surface area contributed by atoms with Gasteiger partial charge in [0.1, 0.15) is 22.6 Å². The van der Waals surface area contributed by atoms with Gasteiger partial charge in [-0.3, -0.25) is 4.79 Å². The van der Waals surface area contributed by atoms with Crippen LogP contribution < -0.4 is 5.32 Å². The van der Waals surface area contributed by atoms with Crippen LogP contribution in [-0.2, 0) is 4.79 Å². The Balaban J connectivity index is 0.000000275. The van der Waals surface area contributed by atoms with E-state index in [1.807, 2.05) is 54.8 Å². The summed E-state index contributed by atoms with van der Waals surface area (Å²) in [6.45, 7) is 2.64. The molecule has 1 unspecified atom stereocenters. The zero-order valence-corrected chi connectivity index (χ0v) is 19.2. The summed E-state index contributed by atoms with van der Waals surface area (Å²) in [6.07, 6.45) is 1.59. The van der Waals surface area contributed by atoms with Gasteiger partial charge < -0.3 is 15.3 Å². The number of carbonyl (C=O) groups is 1. The normalized spacial score (nSPS) is 15.2. The molecule has 1 aliphatic rings. The number of benzene rings is 1. The number of hydrogen-bond donors (Lipinski definition) is 2. The van der Waals surface area contributed by atoms with Gasteiger partial charge in [0.15, 0.2) is 0 Å². The van der Waals surface area contributed by atoms with Crippen molar-refractivity contribution in [2.45, 2.75) is 19.4 Å². The monoisotopic (exact) mass is 460 g/mol. The number of rotatable bonds is 4. The summed E-state index contributed by atoms with van der Waals surface area (Å²) in [5.74, 6) is 1.08. The molecule has 0 saturated carbocycles. The van der Waals surface area contributed by atoms with E-state index < -0.39 is 6.10 Å². The van der Waals surface area contributed by atoms with Crippen molar-refractivity contribution in [1.29, 1.82) is 0 Å². The van der Waals surface area contributed by atoms with Crippen LogP contribution in [0.3, 0.4) is 0 Å². The summed E-state index contributed by atoms with van der Waals surface area (Å²) >= 11 is 1.61. The largest absolute Gasteiger partial charge is 0.383 e. The van der Waals surface area contributed by atoms with Crippen molar-refractivity contribution in [3.05, 3.63) is 71.9 Å². The first-order chi connectivity index (χ1) is 16.0. The lowest BCUT2D eigenvalue weighted by molar-refractivity contribution is -0.133. The molecule has 3 aromatic heterocycles. The number of amides is 1. The lowest BCUT2D eigenvalue weighted by atomic mass is 10.2. The van der Waals surface area contributed by atoms with Crippen LogP contribution in [-0.4, -0.2) is 55.5 Å².